The van der Waals surface area contributed by atoms with Crippen LogP contribution in [0.15, 0.2) is 24.3 Å². The minimum absolute atomic E-state index is 0.0324. The summed E-state index contributed by atoms with van der Waals surface area (Å²) in [6.07, 6.45) is 1.30. The average Bonchev–Trinajstić information content (AvgIpc) is 2.85. The van der Waals surface area contributed by atoms with E-state index in [4.69, 9.17) is 4.74 Å². The predicted molar refractivity (Wildman–Crippen MR) is 84.9 cm³/mol. The van der Waals surface area contributed by atoms with Crippen molar-refractivity contribution in [1.29, 1.82) is 0 Å². The van der Waals surface area contributed by atoms with Crippen LogP contribution in [0, 0.1) is 5.92 Å². The van der Waals surface area contributed by atoms with E-state index in [0.717, 1.165) is 11.3 Å². The van der Waals surface area contributed by atoms with Gasteiger partial charge in [-0.3, -0.25) is 0 Å². The standard InChI is InChI=1S/C15H22N2O4S/c1-21-14-5-3-2-4-13(14)6-8-16-15(18)17-10-12-7-9-22(19,20)11-12/h2-5,12H,6-11H2,1H3,(H2,16,17,18). The summed E-state index contributed by atoms with van der Waals surface area (Å²) < 4.78 is 27.9. The van der Waals surface area contributed by atoms with Gasteiger partial charge in [-0.25, -0.2) is 13.2 Å². The third-order valence-electron chi connectivity index (χ3n) is 3.75. The largest absolute Gasteiger partial charge is 0.496 e. The van der Waals surface area contributed by atoms with E-state index in [1.807, 2.05) is 24.3 Å². The summed E-state index contributed by atoms with van der Waals surface area (Å²) in [5.41, 5.74) is 1.03. The smallest absolute Gasteiger partial charge is 0.314 e. The lowest BCUT2D eigenvalue weighted by Crippen LogP contribution is -2.39. The lowest BCUT2D eigenvalue weighted by atomic mass is 10.1. The first-order chi connectivity index (χ1) is 10.5. The van der Waals surface area contributed by atoms with Crippen LogP contribution in [0.4, 0.5) is 4.79 Å². The third kappa shape index (κ3) is 4.91. The fourth-order valence-corrected chi connectivity index (χ4v) is 4.41. The van der Waals surface area contributed by atoms with Gasteiger partial charge in [-0.05, 0) is 30.4 Å². The number of rotatable bonds is 6. The van der Waals surface area contributed by atoms with Gasteiger partial charge in [0.05, 0.1) is 18.6 Å². The van der Waals surface area contributed by atoms with Crippen molar-refractivity contribution in [2.24, 2.45) is 5.92 Å². The SMILES string of the molecule is COc1ccccc1CCNC(=O)NCC1CCS(=O)(=O)C1. The fraction of sp³-hybridized carbons (Fsp3) is 0.533. The molecule has 1 saturated heterocycles. The zero-order valence-electron chi connectivity index (χ0n) is 12.7. The molecule has 0 spiro atoms. The van der Waals surface area contributed by atoms with Crippen LogP contribution in [0.3, 0.4) is 0 Å². The molecule has 2 N–H and O–H groups in total. The van der Waals surface area contributed by atoms with E-state index in [-0.39, 0.29) is 23.5 Å². The first-order valence-electron chi connectivity index (χ1n) is 7.34. The normalized spacial score (nSPS) is 19.6. The monoisotopic (exact) mass is 326 g/mol. The Kier molecular flexibility index (Phi) is 5.65. The second-order valence-electron chi connectivity index (χ2n) is 5.47. The van der Waals surface area contributed by atoms with Crippen molar-refractivity contribution in [2.45, 2.75) is 12.8 Å². The molecule has 0 bridgehead atoms. The number of carbonyl (C=O) groups is 1. The minimum atomic E-state index is -2.89. The van der Waals surface area contributed by atoms with Gasteiger partial charge in [0.2, 0.25) is 0 Å². The van der Waals surface area contributed by atoms with E-state index >= 15 is 0 Å². The number of sulfone groups is 1. The molecule has 2 rings (SSSR count). The quantitative estimate of drug-likeness (QED) is 0.816. The van der Waals surface area contributed by atoms with E-state index < -0.39 is 9.84 Å². The summed E-state index contributed by atoms with van der Waals surface area (Å²) in [6.45, 7) is 0.898. The Labute approximate surface area is 131 Å². The van der Waals surface area contributed by atoms with Crippen molar-refractivity contribution in [2.75, 3.05) is 31.7 Å². The van der Waals surface area contributed by atoms with Crippen molar-refractivity contribution in [3.8, 4) is 5.75 Å². The molecule has 1 unspecified atom stereocenters. The number of urea groups is 1. The van der Waals surface area contributed by atoms with E-state index in [1.165, 1.54) is 0 Å². The number of hydrogen-bond donors (Lipinski definition) is 2. The lowest BCUT2D eigenvalue weighted by molar-refractivity contribution is 0.239. The number of ether oxygens (including phenoxy) is 1. The molecule has 122 valence electrons. The van der Waals surface area contributed by atoms with Gasteiger partial charge in [-0.15, -0.1) is 0 Å². The van der Waals surface area contributed by atoms with Crippen LogP contribution in [0.5, 0.6) is 5.75 Å². The summed E-state index contributed by atoms with van der Waals surface area (Å²) in [5.74, 6) is 1.24. The maximum atomic E-state index is 11.7. The van der Waals surface area contributed by atoms with E-state index in [1.54, 1.807) is 7.11 Å². The molecule has 0 saturated carbocycles. The highest BCUT2D eigenvalue weighted by Gasteiger charge is 2.27. The third-order valence-corrected chi connectivity index (χ3v) is 5.59. The number of para-hydroxylation sites is 1. The van der Waals surface area contributed by atoms with Gasteiger partial charge in [-0.1, -0.05) is 18.2 Å². The zero-order chi connectivity index (χ0) is 16.0. The molecule has 7 heteroatoms. The molecule has 1 atom stereocenters. The molecular weight excluding hydrogens is 304 g/mol. The fourth-order valence-electron chi connectivity index (χ4n) is 2.55. The van der Waals surface area contributed by atoms with Crippen molar-refractivity contribution in [1.82, 2.24) is 10.6 Å². The van der Waals surface area contributed by atoms with Crippen molar-refractivity contribution in [3.05, 3.63) is 29.8 Å². The molecule has 1 aromatic carbocycles. The maximum Gasteiger partial charge on any atom is 0.314 e. The minimum Gasteiger partial charge on any atom is -0.496 e. The van der Waals surface area contributed by atoms with Crippen molar-refractivity contribution in [3.63, 3.8) is 0 Å². The van der Waals surface area contributed by atoms with Gasteiger partial charge in [0, 0.05) is 13.1 Å². The summed E-state index contributed by atoms with van der Waals surface area (Å²) in [5, 5.41) is 5.50. The molecular formula is C15H22N2O4S. The van der Waals surface area contributed by atoms with Crippen LogP contribution < -0.4 is 15.4 Å². The summed E-state index contributed by atoms with van der Waals surface area (Å²) in [7, 11) is -1.27. The van der Waals surface area contributed by atoms with Crippen LogP contribution in [-0.2, 0) is 16.3 Å². The highest BCUT2D eigenvalue weighted by Crippen LogP contribution is 2.18. The molecule has 1 heterocycles. The molecule has 1 aliphatic rings. The van der Waals surface area contributed by atoms with Crippen molar-refractivity contribution < 1.29 is 17.9 Å². The second-order valence-corrected chi connectivity index (χ2v) is 7.70. The topological polar surface area (TPSA) is 84.5 Å². The summed E-state index contributed by atoms with van der Waals surface area (Å²) >= 11 is 0. The number of methoxy groups -OCH3 is 1. The number of amides is 2. The molecule has 1 aromatic rings. The highest BCUT2D eigenvalue weighted by atomic mass is 32.2. The second kappa shape index (κ2) is 7.49. The molecule has 0 aromatic heterocycles. The number of carbonyl (C=O) groups excluding carboxylic acids is 1. The first-order valence-corrected chi connectivity index (χ1v) is 9.16. The molecule has 22 heavy (non-hydrogen) atoms. The molecule has 1 aliphatic heterocycles. The van der Waals surface area contributed by atoms with Crippen LogP contribution in [0.25, 0.3) is 0 Å². The van der Waals surface area contributed by atoms with E-state index in [0.29, 0.717) is 25.9 Å². The lowest BCUT2D eigenvalue weighted by Gasteiger charge is -2.12. The molecule has 2 amide bonds. The van der Waals surface area contributed by atoms with Crippen LogP contribution in [-0.4, -0.2) is 46.2 Å². The van der Waals surface area contributed by atoms with E-state index in [2.05, 4.69) is 10.6 Å². The molecule has 0 radical (unpaired) electrons. The Morgan fingerprint density at radius 2 is 2.09 bits per heavy atom. The van der Waals surface area contributed by atoms with Gasteiger partial charge in [0.25, 0.3) is 0 Å². The number of hydrogen-bond acceptors (Lipinski definition) is 4. The van der Waals surface area contributed by atoms with Gasteiger partial charge in [0.1, 0.15) is 5.75 Å². The predicted octanol–water partition coefficient (Wildman–Crippen LogP) is 0.972. The highest BCUT2D eigenvalue weighted by molar-refractivity contribution is 7.91. The van der Waals surface area contributed by atoms with Gasteiger partial charge < -0.3 is 15.4 Å². The zero-order valence-corrected chi connectivity index (χ0v) is 13.5. The Balaban J connectivity index is 1.68. The first kappa shape index (κ1) is 16.6. The molecule has 1 fully saturated rings. The average molecular weight is 326 g/mol. The summed E-state index contributed by atoms with van der Waals surface area (Å²) in [6, 6.07) is 7.41. The summed E-state index contributed by atoms with van der Waals surface area (Å²) in [4.78, 5) is 11.7. The Bertz CT molecular complexity index is 616. The molecule has 0 aliphatic carbocycles. The van der Waals surface area contributed by atoms with Gasteiger partial charge in [-0.2, -0.15) is 0 Å². The maximum absolute atomic E-state index is 11.7. The van der Waals surface area contributed by atoms with Gasteiger partial charge in [0.15, 0.2) is 9.84 Å². The van der Waals surface area contributed by atoms with E-state index in [9.17, 15) is 13.2 Å². The number of benzene rings is 1. The Morgan fingerprint density at radius 3 is 2.77 bits per heavy atom. The van der Waals surface area contributed by atoms with Crippen LogP contribution in [0.2, 0.25) is 0 Å². The van der Waals surface area contributed by atoms with Crippen molar-refractivity contribution >= 4 is 15.9 Å². The Hall–Kier alpha value is -1.76. The van der Waals surface area contributed by atoms with Crippen LogP contribution in [0.1, 0.15) is 12.0 Å². The van der Waals surface area contributed by atoms with Gasteiger partial charge >= 0.3 is 6.03 Å². The van der Waals surface area contributed by atoms with Crippen LogP contribution >= 0.6 is 0 Å². The number of nitrogens with one attached hydrogen (secondary N) is 2. The Morgan fingerprint density at radius 1 is 1.32 bits per heavy atom. The molecule has 6 nitrogen and oxygen atoms in total.